The molecule has 2 aromatic rings. The SMILES string of the molecule is Fc1ccc2c(c1)C(CCC1CC1)(C(F)(F)F)c1cccnc1N2. The molecular weight excluding hydrogens is 320 g/mol. The number of hydrogen-bond donors (Lipinski definition) is 1. The summed E-state index contributed by atoms with van der Waals surface area (Å²) in [7, 11) is 0. The van der Waals surface area contributed by atoms with Gasteiger partial charge in [0.25, 0.3) is 0 Å². The van der Waals surface area contributed by atoms with Crippen LogP contribution in [0, 0.1) is 11.7 Å². The van der Waals surface area contributed by atoms with Gasteiger partial charge in [0.15, 0.2) is 0 Å². The first-order chi connectivity index (χ1) is 11.4. The zero-order chi connectivity index (χ0) is 16.9. The van der Waals surface area contributed by atoms with Gasteiger partial charge in [-0.3, -0.25) is 0 Å². The van der Waals surface area contributed by atoms with E-state index >= 15 is 0 Å². The highest BCUT2D eigenvalue weighted by Gasteiger charge is 2.60. The van der Waals surface area contributed by atoms with E-state index < -0.39 is 17.4 Å². The van der Waals surface area contributed by atoms with Gasteiger partial charge in [-0.25, -0.2) is 9.37 Å². The number of nitrogens with one attached hydrogen (secondary N) is 1. The second-order valence-electron chi connectivity index (χ2n) is 6.60. The number of pyridine rings is 1. The smallest absolute Gasteiger partial charge is 0.340 e. The first-order valence-electron chi connectivity index (χ1n) is 8.01. The third-order valence-corrected chi connectivity index (χ3v) is 5.07. The van der Waals surface area contributed by atoms with Crippen molar-refractivity contribution in [1.29, 1.82) is 0 Å². The molecule has 0 radical (unpaired) electrons. The first kappa shape index (κ1) is 15.4. The van der Waals surface area contributed by atoms with E-state index in [4.69, 9.17) is 0 Å². The van der Waals surface area contributed by atoms with Gasteiger partial charge in [-0.05, 0) is 48.6 Å². The summed E-state index contributed by atoms with van der Waals surface area (Å²) >= 11 is 0. The summed E-state index contributed by atoms with van der Waals surface area (Å²) in [6, 6.07) is 6.49. The minimum atomic E-state index is -4.54. The summed E-state index contributed by atoms with van der Waals surface area (Å²) in [5.41, 5.74) is -1.91. The maximum absolute atomic E-state index is 14.4. The lowest BCUT2D eigenvalue weighted by Crippen LogP contribution is -2.46. The van der Waals surface area contributed by atoms with Crippen molar-refractivity contribution in [3.63, 3.8) is 0 Å². The van der Waals surface area contributed by atoms with Crippen LogP contribution in [0.1, 0.15) is 36.8 Å². The number of halogens is 4. The minimum absolute atomic E-state index is 0.0452. The largest absolute Gasteiger partial charge is 0.402 e. The summed E-state index contributed by atoms with van der Waals surface area (Å²) in [4.78, 5) is 4.09. The van der Waals surface area contributed by atoms with Gasteiger partial charge in [-0.1, -0.05) is 18.9 Å². The van der Waals surface area contributed by atoms with Gasteiger partial charge in [-0.2, -0.15) is 13.2 Å². The number of fused-ring (bicyclic) bond motifs is 2. The minimum Gasteiger partial charge on any atom is -0.340 e. The summed E-state index contributed by atoms with van der Waals surface area (Å²) in [6.45, 7) is 0. The Kier molecular flexibility index (Phi) is 3.34. The van der Waals surface area contributed by atoms with E-state index in [0.29, 0.717) is 12.3 Å². The molecule has 1 aliphatic heterocycles. The zero-order valence-corrected chi connectivity index (χ0v) is 12.8. The molecule has 0 spiro atoms. The average molecular weight is 336 g/mol. The van der Waals surface area contributed by atoms with E-state index in [2.05, 4.69) is 10.3 Å². The lowest BCUT2D eigenvalue weighted by Gasteiger charge is -2.42. The van der Waals surface area contributed by atoms with Crippen molar-refractivity contribution in [2.45, 2.75) is 37.3 Å². The van der Waals surface area contributed by atoms with E-state index in [9.17, 15) is 17.6 Å². The predicted octanol–water partition coefficient (Wildman–Crippen LogP) is 5.32. The van der Waals surface area contributed by atoms with E-state index in [1.54, 1.807) is 0 Å². The fourth-order valence-corrected chi connectivity index (χ4v) is 3.64. The fraction of sp³-hybridized carbons (Fsp3) is 0.389. The first-order valence-corrected chi connectivity index (χ1v) is 8.01. The predicted molar refractivity (Wildman–Crippen MR) is 82.7 cm³/mol. The summed E-state index contributed by atoms with van der Waals surface area (Å²) < 4.78 is 56.9. The molecule has 24 heavy (non-hydrogen) atoms. The molecule has 4 rings (SSSR count). The maximum atomic E-state index is 14.4. The molecule has 0 amide bonds. The number of anilines is 2. The standard InChI is InChI=1S/C18H16F4N2/c19-12-5-6-15-14(10-12)17(18(20,21)22,8-7-11-3-4-11)13-2-1-9-23-16(13)24-15/h1-2,5-6,9-11H,3-4,7-8H2,(H,23,24). The van der Waals surface area contributed by atoms with Crippen LogP contribution in [0.5, 0.6) is 0 Å². The highest BCUT2D eigenvalue weighted by molar-refractivity contribution is 5.74. The number of hydrogen-bond acceptors (Lipinski definition) is 2. The van der Waals surface area contributed by atoms with Gasteiger partial charge in [0, 0.05) is 17.4 Å². The van der Waals surface area contributed by atoms with E-state index in [0.717, 1.165) is 18.9 Å². The number of rotatable bonds is 3. The summed E-state index contributed by atoms with van der Waals surface area (Å²) in [5.74, 6) is -0.121. The van der Waals surface area contributed by atoms with Crippen molar-refractivity contribution >= 4 is 11.5 Å². The molecule has 1 atom stereocenters. The molecule has 1 fully saturated rings. The number of nitrogens with zero attached hydrogens (tertiary/aromatic N) is 1. The lowest BCUT2D eigenvalue weighted by molar-refractivity contribution is -0.180. The Hall–Kier alpha value is -2.11. The molecule has 126 valence electrons. The highest BCUT2D eigenvalue weighted by atomic mass is 19.4. The molecule has 2 aliphatic rings. The number of aromatic nitrogens is 1. The van der Waals surface area contributed by atoms with Crippen molar-refractivity contribution in [3.8, 4) is 0 Å². The molecule has 1 N–H and O–H groups in total. The van der Waals surface area contributed by atoms with Crippen molar-refractivity contribution in [2.24, 2.45) is 5.92 Å². The molecule has 2 nitrogen and oxygen atoms in total. The van der Waals surface area contributed by atoms with Crippen LogP contribution in [-0.4, -0.2) is 11.2 Å². The average Bonchev–Trinajstić information content (AvgIpc) is 3.35. The van der Waals surface area contributed by atoms with Crippen LogP contribution in [-0.2, 0) is 5.41 Å². The Morgan fingerprint density at radius 1 is 1.17 bits per heavy atom. The van der Waals surface area contributed by atoms with Crippen LogP contribution in [0.2, 0.25) is 0 Å². The van der Waals surface area contributed by atoms with Crippen LogP contribution < -0.4 is 5.32 Å². The van der Waals surface area contributed by atoms with Crippen LogP contribution in [0.4, 0.5) is 29.1 Å². The molecule has 6 heteroatoms. The summed E-state index contributed by atoms with van der Waals surface area (Å²) in [5, 5.41) is 2.92. The molecule has 2 heterocycles. The van der Waals surface area contributed by atoms with Crippen molar-refractivity contribution < 1.29 is 17.6 Å². The third kappa shape index (κ3) is 2.27. The number of alkyl halides is 3. The Bertz CT molecular complexity index is 783. The maximum Gasteiger partial charge on any atom is 0.402 e. The fourth-order valence-electron chi connectivity index (χ4n) is 3.64. The van der Waals surface area contributed by atoms with Gasteiger partial charge in [0.05, 0.1) is 0 Å². The molecule has 0 bridgehead atoms. The van der Waals surface area contributed by atoms with Crippen molar-refractivity contribution in [2.75, 3.05) is 5.32 Å². The second kappa shape index (κ2) is 5.19. The van der Waals surface area contributed by atoms with Crippen LogP contribution in [0.15, 0.2) is 36.5 Å². The molecule has 1 unspecified atom stereocenters. The normalized spacial score (nSPS) is 22.5. The van der Waals surface area contributed by atoms with Crippen LogP contribution in [0.3, 0.4) is 0 Å². The van der Waals surface area contributed by atoms with Crippen molar-refractivity contribution in [1.82, 2.24) is 4.98 Å². The third-order valence-electron chi connectivity index (χ3n) is 5.07. The summed E-state index contributed by atoms with van der Waals surface area (Å²) in [6.07, 6.45) is -0.737. The van der Waals surface area contributed by atoms with Gasteiger partial charge < -0.3 is 5.32 Å². The van der Waals surface area contributed by atoms with Gasteiger partial charge in [0.2, 0.25) is 0 Å². The molecule has 1 saturated carbocycles. The Balaban J connectivity index is 1.96. The molecular formula is C18H16F4N2. The Morgan fingerprint density at radius 3 is 2.67 bits per heavy atom. The second-order valence-corrected chi connectivity index (χ2v) is 6.60. The van der Waals surface area contributed by atoms with Gasteiger partial charge in [0.1, 0.15) is 17.1 Å². The van der Waals surface area contributed by atoms with Crippen molar-refractivity contribution in [3.05, 3.63) is 53.5 Å². The van der Waals surface area contributed by atoms with Crippen LogP contribution in [0.25, 0.3) is 0 Å². The monoisotopic (exact) mass is 336 g/mol. The van der Waals surface area contributed by atoms with Gasteiger partial charge >= 0.3 is 6.18 Å². The molecule has 1 aromatic carbocycles. The molecule has 1 aliphatic carbocycles. The van der Waals surface area contributed by atoms with E-state index in [-0.39, 0.29) is 29.1 Å². The van der Waals surface area contributed by atoms with Crippen LogP contribution >= 0.6 is 0 Å². The zero-order valence-electron chi connectivity index (χ0n) is 12.8. The highest BCUT2D eigenvalue weighted by Crippen LogP contribution is 2.57. The lowest BCUT2D eigenvalue weighted by atomic mass is 9.68. The number of benzene rings is 1. The topological polar surface area (TPSA) is 24.9 Å². The molecule has 1 aromatic heterocycles. The van der Waals surface area contributed by atoms with Gasteiger partial charge in [-0.15, -0.1) is 0 Å². The quantitative estimate of drug-likeness (QED) is 0.768. The Labute approximate surface area is 136 Å². The van der Waals surface area contributed by atoms with E-state index in [1.807, 2.05) is 0 Å². The molecule has 0 saturated heterocycles. The van der Waals surface area contributed by atoms with E-state index in [1.165, 1.54) is 30.5 Å². The Morgan fingerprint density at radius 2 is 1.96 bits per heavy atom.